The minimum atomic E-state index is -0.683. The molecule has 3 N–H and O–H groups in total. The third kappa shape index (κ3) is 2.97. The van der Waals surface area contributed by atoms with Crippen LogP contribution in [0.5, 0.6) is 0 Å². The molecule has 0 aliphatic carbocycles. The molecular weight excluding hydrogens is 242 g/mol. The van der Waals surface area contributed by atoms with Gasteiger partial charge >= 0.3 is 0 Å². The number of aromatic nitrogens is 3. The third-order valence-corrected chi connectivity index (χ3v) is 2.93. The van der Waals surface area contributed by atoms with Crippen molar-refractivity contribution in [3.63, 3.8) is 0 Å². The fourth-order valence-electron chi connectivity index (χ4n) is 1.86. The van der Waals surface area contributed by atoms with Crippen molar-refractivity contribution >= 4 is 5.91 Å². The lowest BCUT2D eigenvalue weighted by atomic mass is 10.1. The lowest BCUT2D eigenvalue weighted by Gasteiger charge is -2.17. The van der Waals surface area contributed by atoms with Crippen LogP contribution >= 0.6 is 0 Å². The molecule has 1 amide bonds. The second-order valence-corrected chi connectivity index (χ2v) is 4.42. The monoisotopic (exact) mass is 259 g/mol. The summed E-state index contributed by atoms with van der Waals surface area (Å²) >= 11 is 0. The fraction of sp³-hybridized carbons (Fsp3) is 0.308. The third-order valence-electron chi connectivity index (χ3n) is 2.93. The summed E-state index contributed by atoms with van der Waals surface area (Å²) in [7, 11) is 1.83. The van der Waals surface area contributed by atoms with Gasteiger partial charge in [-0.05, 0) is 12.5 Å². The summed E-state index contributed by atoms with van der Waals surface area (Å²) < 4.78 is 1.76. The lowest BCUT2D eigenvalue weighted by molar-refractivity contribution is -0.123. The number of nitrogens with two attached hydrogens (primary N) is 1. The van der Waals surface area contributed by atoms with Gasteiger partial charge in [-0.3, -0.25) is 4.79 Å². The topological polar surface area (TPSA) is 85.8 Å². The van der Waals surface area contributed by atoms with Crippen molar-refractivity contribution in [1.29, 1.82) is 0 Å². The molecule has 6 heteroatoms. The normalized spacial score (nSPS) is 13.8. The molecule has 1 aromatic heterocycles. The number of benzene rings is 1. The number of aryl methyl sites for hydroxylation is 1. The summed E-state index contributed by atoms with van der Waals surface area (Å²) in [6, 6.07) is 8.33. The number of amides is 1. The molecule has 0 aliphatic rings. The number of hydrogen-bond acceptors (Lipinski definition) is 4. The number of nitrogens with one attached hydrogen (secondary N) is 1. The summed E-state index contributed by atoms with van der Waals surface area (Å²) in [6.07, 6.45) is 1.59. The molecule has 0 saturated carbocycles. The number of nitrogens with zero attached hydrogens (tertiary/aromatic N) is 3. The first-order valence-corrected chi connectivity index (χ1v) is 6.04. The highest BCUT2D eigenvalue weighted by atomic mass is 16.2. The predicted octanol–water partition coefficient (Wildman–Crippen LogP) is 0.692. The van der Waals surface area contributed by atoms with Crippen LogP contribution in [0.3, 0.4) is 0 Å². The van der Waals surface area contributed by atoms with Gasteiger partial charge in [0, 0.05) is 7.05 Å². The highest BCUT2D eigenvalue weighted by molar-refractivity contribution is 5.83. The van der Waals surface area contributed by atoms with Gasteiger partial charge in [0.25, 0.3) is 0 Å². The predicted molar refractivity (Wildman–Crippen MR) is 70.9 cm³/mol. The maximum Gasteiger partial charge on any atom is 0.242 e. The Bertz CT molecular complexity index is 551. The summed E-state index contributed by atoms with van der Waals surface area (Å²) in [5.74, 6) is 0.454. The van der Waals surface area contributed by atoms with Crippen molar-refractivity contribution in [2.45, 2.75) is 19.0 Å². The van der Waals surface area contributed by atoms with Crippen LogP contribution in [0, 0.1) is 0 Å². The molecule has 2 atom stereocenters. The molecule has 100 valence electrons. The van der Waals surface area contributed by atoms with E-state index in [1.807, 2.05) is 44.3 Å². The summed E-state index contributed by atoms with van der Waals surface area (Å²) in [6.45, 7) is 1.85. The van der Waals surface area contributed by atoms with E-state index in [0.29, 0.717) is 5.82 Å². The van der Waals surface area contributed by atoms with E-state index >= 15 is 0 Å². The molecule has 0 radical (unpaired) electrons. The molecule has 2 rings (SSSR count). The highest BCUT2D eigenvalue weighted by Crippen LogP contribution is 2.13. The lowest BCUT2D eigenvalue weighted by Crippen LogP contribution is -2.36. The van der Waals surface area contributed by atoms with Gasteiger partial charge in [-0.2, -0.15) is 0 Å². The van der Waals surface area contributed by atoms with E-state index in [1.54, 1.807) is 10.9 Å². The molecule has 0 spiro atoms. The van der Waals surface area contributed by atoms with Crippen LogP contribution in [0.15, 0.2) is 36.7 Å². The molecule has 1 heterocycles. The van der Waals surface area contributed by atoms with Crippen LogP contribution in [0.1, 0.15) is 30.4 Å². The van der Waals surface area contributed by atoms with Gasteiger partial charge in [0.05, 0.1) is 6.04 Å². The van der Waals surface area contributed by atoms with Crippen LogP contribution in [-0.4, -0.2) is 20.7 Å². The first kappa shape index (κ1) is 13.2. The minimum Gasteiger partial charge on any atom is -0.345 e. The van der Waals surface area contributed by atoms with E-state index in [4.69, 9.17) is 5.73 Å². The van der Waals surface area contributed by atoms with Crippen molar-refractivity contribution in [3.8, 4) is 0 Å². The average Bonchev–Trinajstić information content (AvgIpc) is 2.85. The summed E-state index contributed by atoms with van der Waals surface area (Å²) in [5.41, 5.74) is 6.71. The Balaban J connectivity index is 2.04. The summed E-state index contributed by atoms with van der Waals surface area (Å²) in [4.78, 5) is 12.1. The van der Waals surface area contributed by atoms with Gasteiger partial charge in [0.1, 0.15) is 12.4 Å². The molecule has 1 aromatic carbocycles. The van der Waals surface area contributed by atoms with E-state index in [2.05, 4.69) is 15.5 Å². The van der Waals surface area contributed by atoms with Crippen LogP contribution in [0.25, 0.3) is 0 Å². The standard InChI is InChI=1S/C13H17N5O/c1-9(12-17-15-8-18(12)2)16-13(19)11(14)10-6-4-3-5-7-10/h3-9,11H,14H2,1-2H3,(H,16,19)/t9?,11-/m0/s1. The van der Waals surface area contributed by atoms with E-state index < -0.39 is 6.04 Å². The molecule has 19 heavy (non-hydrogen) atoms. The summed E-state index contributed by atoms with van der Waals surface area (Å²) in [5, 5.41) is 10.6. The van der Waals surface area contributed by atoms with Crippen LogP contribution < -0.4 is 11.1 Å². The average molecular weight is 259 g/mol. The molecule has 0 aliphatic heterocycles. The van der Waals surface area contributed by atoms with Crippen molar-refractivity contribution in [3.05, 3.63) is 48.0 Å². The molecule has 0 fully saturated rings. The fourth-order valence-corrected chi connectivity index (χ4v) is 1.86. The Kier molecular flexibility index (Phi) is 3.91. The van der Waals surface area contributed by atoms with Gasteiger partial charge in [-0.1, -0.05) is 30.3 Å². The Morgan fingerprint density at radius 3 is 2.63 bits per heavy atom. The minimum absolute atomic E-state index is 0.235. The smallest absolute Gasteiger partial charge is 0.242 e. The molecule has 0 bridgehead atoms. The van der Waals surface area contributed by atoms with Gasteiger partial charge in [0.15, 0.2) is 5.82 Å². The zero-order chi connectivity index (χ0) is 13.8. The molecule has 2 aromatic rings. The van der Waals surface area contributed by atoms with E-state index in [-0.39, 0.29) is 11.9 Å². The number of carbonyl (C=O) groups excluding carboxylic acids is 1. The van der Waals surface area contributed by atoms with Crippen molar-refractivity contribution in [2.75, 3.05) is 0 Å². The molecular formula is C13H17N5O. The second kappa shape index (κ2) is 5.62. The van der Waals surface area contributed by atoms with E-state index in [1.165, 1.54) is 0 Å². The molecule has 1 unspecified atom stereocenters. The number of hydrogen-bond donors (Lipinski definition) is 2. The largest absolute Gasteiger partial charge is 0.345 e. The van der Waals surface area contributed by atoms with E-state index in [9.17, 15) is 4.79 Å². The van der Waals surface area contributed by atoms with E-state index in [0.717, 1.165) is 5.56 Å². The van der Waals surface area contributed by atoms with Gasteiger partial charge < -0.3 is 15.6 Å². The SMILES string of the molecule is CC(NC(=O)[C@@H](N)c1ccccc1)c1nncn1C. The maximum absolute atomic E-state index is 12.1. The number of rotatable bonds is 4. The van der Waals surface area contributed by atoms with Crippen LogP contribution in [0.2, 0.25) is 0 Å². The molecule has 6 nitrogen and oxygen atoms in total. The Hall–Kier alpha value is -2.21. The Morgan fingerprint density at radius 2 is 2.05 bits per heavy atom. The van der Waals surface area contributed by atoms with Crippen molar-refractivity contribution in [1.82, 2.24) is 20.1 Å². The maximum atomic E-state index is 12.1. The van der Waals surface area contributed by atoms with Crippen molar-refractivity contribution < 1.29 is 4.79 Å². The number of carbonyl (C=O) groups is 1. The van der Waals surface area contributed by atoms with Gasteiger partial charge in [-0.25, -0.2) is 0 Å². The van der Waals surface area contributed by atoms with Gasteiger partial charge in [0.2, 0.25) is 5.91 Å². The van der Waals surface area contributed by atoms with Crippen molar-refractivity contribution in [2.24, 2.45) is 12.8 Å². The zero-order valence-electron chi connectivity index (χ0n) is 10.9. The Morgan fingerprint density at radius 1 is 1.37 bits per heavy atom. The highest BCUT2D eigenvalue weighted by Gasteiger charge is 2.20. The van der Waals surface area contributed by atoms with Crippen LogP contribution in [0.4, 0.5) is 0 Å². The van der Waals surface area contributed by atoms with Gasteiger partial charge in [-0.15, -0.1) is 10.2 Å². The second-order valence-electron chi connectivity index (χ2n) is 4.42. The Labute approximate surface area is 111 Å². The first-order chi connectivity index (χ1) is 9.09. The quantitative estimate of drug-likeness (QED) is 0.846. The first-order valence-electron chi connectivity index (χ1n) is 6.04. The zero-order valence-corrected chi connectivity index (χ0v) is 10.9. The van der Waals surface area contributed by atoms with Crippen LogP contribution in [-0.2, 0) is 11.8 Å². The molecule has 0 saturated heterocycles.